The summed E-state index contributed by atoms with van der Waals surface area (Å²) in [5, 5.41) is 20.2. The van der Waals surface area contributed by atoms with Crippen molar-refractivity contribution in [1.29, 1.82) is 0 Å². The molecule has 0 radical (unpaired) electrons. The van der Waals surface area contributed by atoms with E-state index in [0.717, 1.165) is 11.3 Å². The lowest BCUT2D eigenvalue weighted by Gasteiger charge is -2.36. The Morgan fingerprint density at radius 3 is 2.73 bits per heavy atom. The molecule has 7 heteroatoms. The molecule has 0 saturated carbocycles. The smallest absolute Gasteiger partial charge is 0.405 e. The first-order valence-corrected chi connectivity index (χ1v) is 7.15. The van der Waals surface area contributed by atoms with Crippen molar-refractivity contribution in [2.45, 2.75) is 31.3 Å². The summed E-state index contributed by atoms with van der Waals surface area (Å²) < 4.78 is 16.6. The van der Waals surface area contributed by atoms with Crippen LogP contribution in [0.4, 0.5) is 4.79 Å². The van der Waals surface area contributed by atoms with E-state index in [1.165, 1.54) is 0 Å². The van der Waals surface area contributed by atoms with E-state index in [2.05, 4.69) is 5.32 Å². The molecule has 1 aliphatic rings. The molecule has 1 fully saturated rings. The van der Waals surface area contributed by atoms with Gasteiger partial charge in [0.1, 0.15) is 5.75 Å². The molecule has 1 aliphatic heterocycles. The predicted octanol–water partition coefficient (Wildman–Crippen LogP) is 1.52. The molecule has 22 heavy (non-hydrogen) atoms. The summed E-state index contributed by atoms with van der Waals surface area (Å²) in [6.07, 6.45) is -0.922. The van der Waals surface area contributed by atoms with Crippen LogP contribution in [0.2, 0.25) is 0 Å². The number of methoxy groups -OCH3 is 1. The molecule has 0 aromatic heterocycles. The maximum absolute atomic E-state index is 10.8. The Balaban J connectivity index is 2.04. The quantitative estimate of drug-likeness (QED) is 0.737. The zero-order valence-corrected chi connectivity index (χ0v) is 12.4. The summed E-state index contributed by atoms with van der Waals surface area (Å²) in [7, 11) is 1.59. The number of amides is 1. The molecule has 2 rings (SSSR count). The number of carbonyl (C=O) groups is 1. The van der Waals surface area contributed by atoms with Crippen molar-refractivity contribution in [2.24, 2.45) is 0 Å². The lowest BCUT2D eigenvalue weighted by Crippen LogP contribution is -2.51. The summed E-state index contributed by atoms with van der Waals surface area (Å²) in [5.74, 6) is 0.738. The number of benzene rings is 1. The van der Waals surface area contributed by atoms with Crippen LogP contribution < -0.4 is 10.1 Å². The monoisotopic (exact) mass is 311 g/mol. The number of ether oxygens (including phenoxy) is 3. The minimum absolute atomic E-state index is 0.0354. The third kappa shape index (κ3) is 4.33. The van der Waals surface area contributed by atoms with Crippen LogP contribution in [-0.4, -0.2) is 48.8 Å². The lowest BCUT2D eigenvalue weighted by atomic mass is 10.0. The molecule has 1 aromatic carbocycles. The third-order valence-electron chi connectivity index (χ3n) is 3.52. The maximum Gasteiger partial charge on any atom is 0.405 e. The van der Waals surface area contributed by atoms with Gasteiger partial charge in [-0.15, -0.1) is 0 Å². The van der Waals surface area contributed by atoms with Crippen molar-refractivity contribution < 1.29 is 29.2 Å². The van der Waals surface area contributed by atoms with E-state index in [-0.39, 0.29) is 19.3 Å². The summed E-state index contributed by atoms with van der Waals surface area (Å²) in [5.41, 5.74) is 0.837. The van der Waals surface area contributed by atoms with Crippen molar-refractivity contribution in [3.8, 4) is 5.75 Å². The van der Waals surface area contributed by atoms with E-state index >= 15 is 0 Å². The molecule has 122 valence electrons. The molecular weight excluding hydrogens is 290 g/mol. The summed E-state index contributed by atoms with van der Waals surface area (Å²) in [6.45, 7) is 0.257. The average Bonchev–Trinajstić information content (AvgIpc) is 2.53. The number of hydrogen-bond acceptors (Lipinski definition) is 5. The molecule has 1 aromatic rings. The summed E-state index contributed by atoms with van der Waals surface area (Å²) >= 11 is 0. The minimum Gasteiger partial charge on any atom is -0.497 e. The van der Waals surface area contributed by atoms with Crippen molar-refractivity contribution in [3.63, 3.8) is 0 Å². The first kappa shape index (κ1) is 16.5. The largest absolute Gasteiger partial charge is 0.497 e. The zero-order chi connectivity index (χ0) is 15.9. The number of aliphatic hydroxyl groups excluding tert-OH is 1. The fourth-order valence-electron chi connectivity index (χ4n) is 2.38. The minimum atomic E-state index is -1.12. The Kier molecular flexibility index (Phi) is 6.00. The number of hydrogen-bond donors (Lipinski definition) is 3. The van der Waals surface area contributed by atoms with Gasteiger partial charge in [-0.1, -0.05) is 12.1 Å². The van der Waals surface area contributed by atoms with Gasteiger partial charge in [0.25, 0.3) is 0 Å². The highest BCUT2D eigenvalue weighted by molar-refractivity contribution is 5.65. The van der Waals surface area contributed by atoms with E-state index < -0.39 is 18.4 Å². The van der Waals surface area contributed by atoms with Crippen LogP contribution >= 0.6 is 0 Å². The summed E-state index contributed by atoms with van der Waals surface area (Å²) in [6, 6.07) is 6.87. The van der Waals surface area contributed by atoms with Gasteiger partial charge in [-0.3, -0.25) is 0 Å². The molecular formula is C15H21NO6. The van der Waals surface area contributed by atoms with Gasteiger partial charge in [-0.25, -0.2) is 4.79 Å². The molecule has 1 heterocycles. The molecule has 0 bridgehead atoms. The van der Waals surface area contributed by atoms with Crippen molar-refractivity contribution in [2.75, 3.05) is 20.3 Å². The Bertz CT molecular complexity index is 477. The number of aliphatic hydroxyl groups is 1. The molecule has 7 nitrogen and oxygen atoms in total. The van der Waals surface area contributed by atoms with Gasteiger partial charge in [0.15, 0.2) is 6.29 Å². The van der Waals surface area contributed by atoms with Crippen LogP contribution in [0.3, 0.4) is 0 Å². The molecule has 0 spiro atoms. The molecule has 1 saturated heterocycles. The highest BCUT2D eigenvalue weighted by atomic mass is 16.7. The standard InChI is InChI=1S/C15H21NO6/c1-20-11-6-4-10(5-7-11)14-21-9-12(16-15(18)19)13(22-14)3-2-8-17/h4-7,12-14,16-17H,2-3,8-9H2,1H3,(H,18,19)/t12-,13+,14?/m1/s1. The Morgan fingerprint density at radius 2 is 2.14 bits per heavy atom. The fourth-order valence-corrected chi connectivity index (χ4v) is 2.38. The average molecular weight is 311 g/mol. The van der Waals surface area contributed by atoms with Crippen LogP contribution in [0.15, 0.2) is 24.3 Å². The van der Waals surface area contributed by atoms with Crippen LogP contribution in [0.1, 0.15) is 24.7 Å². The second kappa shape index (κ2) is 7.98. The van der Waals surface area contributed by atoms with E-state index in [0.29, 0.717) is 12.8 Å². The molecule has 3 atom stereocenters. The Hall–Kier alpha value is -1.83. The molecule has 0 aliphatic carbocycles. The van der Waals surface area contributed by atoms with Gasteiger partial charge in [0.05, 0.1) is 25.9 Å². The third-order valence-corrected chi connectivity index (χ3v) is 3.52. The highest BCUT2D eigenvalue weighted by Gasteiger charge is 2.33. The van der Waals surface area contributed by atoms with Crippen molar-refractivity contribution in [3.05, 3.63) is 29.8 Å². The molecule has 1 unspecified atom stereocenters. The topological polar surface area (TPSA) is 97.3 Å². The predicted molar refractivity (Wildman–Crippen MR) is 77.8 cm³/mol. The normalized spacial score (nSPS) is 24.7. The van der Waals surface area contributed by atoms with Gasteiger partial charge in [-0.2, -0.15) is 0 Å². The van der Waals surface area contributed by atoms with Gasteiger partial charge < -0.3 is 29.7 Å². The number of nitrogens with one attached hydrogen (secondary N) is 1. The SMILES string of the molecule is COc1ccc(C2OC[C@@H](NC(=O)O)[C@H](CCCO)O2)cc1. The van der Waals surface area contributed by atoms with Crippen LogP contribution in [0.25, 0.3) is 0 Å². The van der Waals surface area contributed by atoms with E-state index in [1.54, 1.807) is 7.11 Å². The summed E-state index contributed by atoms with van der Waals surface area (Å²) in [4.78, 5) is 10.8. The second-order valence-electron chi connectivity index (χ2n) is 5.03. The van der Waals surface area contributed by atoms with Gasteiger partial charge in [0.2, 0.25) is 0 Å². The van der Waals surface area contributed by atoms with Crippen molar-refractivity contribution in [1.82, 2.24) is 5.32 Å². The molecule has 1 amide bonds. The van der Waals surface area contributed by atoms with Crippen molar-refractivity contribution >= 4 is 6.09 Å². The highest BCUT2D eigenvalue weighted by Crippen LogP contribution is 2.29. The number of carboxylic acid groups (broad SMARTS) is 1. The second-order valence-corrected chi connectivity index (χ2v) is 5.03. The first-order valence-electron chi connectivity index (χ1n) is 7.15. The Labute approximate surface area is 128 Å². The fraction of sp³-hybridized carbons (Fsp3) is 0.533. The lowest BCUT2D eigenvalue weighted by molar-refractivity contribution is -0.229. The first-order chi connectivity index (χ1) is 10.6. The number of rotatable bonds is 6. The van der Waals surface area contributed by atoms with E-state index in [4.69, 9.17) is 24.4 Å². The zero-order valence-electron chi connectivity index (χ0n) is 12.4. The van der Waals surface area contributed by atoms with Gasteiger partial charge in [-0.05, 0) is 25.0 Å². The van der Waals surface area contributed by atoms with E-state index in [9.17, 15) is 4.79 Å². The van der Waals surface area contributed by atoms with Crippen LogP contribution in [0, 0.1) is 0 Å². The van der Waals surface area contributed by atoms with Gasteiger partial charge >= 0.3 is 6.09 Å². The van der Waals surface area contributed by atoms with E-state index in [1.807, 2.05) is 24.3 Å². The molecule has 3 N–H and O–H groups in total. The maximum atomic E-state index is 10.8. The van der Waals surface area contributed by atoms with Gasteiger partial charge in [0, 0.05) is 12.2 Å². The Morgan fingerprint density at radius 1 is 1.41 bits per heavy atom. The van der Waals surface area contributed by atoms with Crippen LogP contribution in [0.5, 0.6) is 5.75 Å². The van der Waals surface area contributed by atoms with Crippen LogP contribution in [-0.2, 0) is 9.47 Å².